The van der Waals surface area contributed by atoms with E-state index >= 15 is 0 Å². The molecular formula is C13H23N3O2S. The summed E-state index contributed by atoms with van der Waals surface area (Å²) in [5, 5.41) is 0. The lowest BCUT2D eigenvalue weighted by Crippen LogP contribution is -2.34. The molecule has 0 unspecified atom stereocenters. The molecule has 0 N–H and O–H groups in total. The molecule has 5 nitrogen and oxygen atoms in total. The molecule has 6 heteroatoms. The van der Waals surface area contributed by atoms with Gasteiger partial charge in [0.1, 0.15) is 5.82 Å². The summed E-state index contributed by atoms with van der Waals surface area (Å²) in [5.74, 6) is 1.32. The van der Waals surface area contributed by atoms with Gasteiger partial charge in [0.2, 0.25) is 10.0 Å². The van der Waals surface area contributed by atoms with Crippen LogP contribution in [0.15, 0.2) is 18.3 Å². The zero-order valence-electron chi connectivity index (χ0n) is 12.3. The van der Waals surface area contributed by atoms with Crippen molar-refractivity contribution in [2.75, 3.05) is 38.3 Å². The molecule has 1 heterocycles. The molecule has 0 fully saturated rings. The first-order valence-corrected chi connectivity index (χ1v) is 8.15. The first-order valence-electron chi connectivity index (χ1n) is 6.30. The van der Waals surface area contributed by atoms with Crippen molar-refractivity contribution in [1.82, 2.24) is 9.29 Å². The number of likely N-dealkylation sites (N-methyl/N-ethyl adjacent to an activating group) is 2. The summed E-state index contributed by atoms with van der Waals surface area (Å²) in [5.41, 5.74) is 1.23. The lowest BCUT2D eigenvalue weighted by atomic mass is 10.1. The smallest absolute Gasteiger partial charge is 0.211 e. The second-order valence-corrected chi connectivity index (χ2v) is 7.20. The van der Waals surface area contributed by atoms with E-state index in [1.165, 1.54) is 16.1 Å². The van der Waals surface area contributed by atoms with Gasteiger partial charge in [-0.3, -0.25) is 0 Å². The first kappa shape index (κ1) is 15.9. The van der Waals surface area contributed by atoms with Crippen LogP contribution in [-0.4, -0.2) is 51.1 Å². The minimum absolute atomic E-state index is 0.447. The van der Waals surface area contributed by atoms with Crippen LogP contribution in [0.1, 0.15) is 25.3 Å². The Balaban J connectivity index is 2.68. The fourth-order valence-corrected chi connectivity index (χ4v) is 1.99. The Bertz CT molecular complexity index is 514. The Labute approximate surface area is 116 Å². The highest BCUT2D eigenvalue weighted by Crippen LogP contribution is 2.18. The summed E-state index contributed by atoms with van der Waals surface area (Å²) in [6.07, 6.45) is 3.01. The van der Waals surface area contributed by atoms with Crippen LogP contribution in [-0.2, 0) is 10.0 Å². The topological polar surface area (TPSA) is 53.5 Å². The Kier molecular flexibility index (Phi) is 5.31. The zero-order valence-corrected chi connectivity index (χ0v) is 13.1. The summed E-state index contributed by atoms with van der Waals surface area (Å²) in [6, 6.07) is 4.05. The maximum atomic E-state index is 11.3. The number of rotatable bonds is 6. The van der Waals surface area contributed by atoms with Crippen LogP contribution in [0.2, 0.25) is 0 Å². The molecule has 0 saturated carbocycles. The van der Waals surface area contributed by atoms with Gasteiger partial charge in [0.05, 0.1) is 6.26 Å². The SMILES string of the molecule is CC(C)c1ccnc(N(C)CCN(C)S(C)(=O)=O)c1. The van der Waals surface area contributed by atoms with E-state index in [4.69, 9.17) is 0 Å². The van der Waals surface area contributed by atoms with Crippen molar-refractivity contribution in [3.63, 3.8) is 0 Å². The number of pyridine rings is 1. The lowest BCUT2D eigenvalue weighted by Gasteiger charge is -2.22. The van der Waals surface area contributed by atoms with Crippen LogP contribution < -0.4 is 4.90 Å². The molecule has 0 radical (unpaired) electrons. The molecule has 0 aliphatic carbocycles. The Morgan fingerprint density at radius 3 is 2.42 bits per heavy atom. The van der Waals surface area contributed by atoms with Crippen molar-refractivity contribution < 1.29 is 8.42 Å². The van der Waals surface area contributed by atoms with Crippen molar-refractivity contribution in [2.45, 2.75) is 19.8 Å². The molecule has 0 amide bonds. The van der Waals surface area contributed by atoms with Gasteiger partial charge in [-0.1, -0.05) is 13.8 Å². The molecular weight excluding hydrogens is 262 g/mol. The van der Waals surface area contributed by atoms with Gasteiger partial charge in [-0.25, -0.2) is 17.7 Å². The molecule has 1 aromatic rings. The van der Waals surface area contributed by atoms with Gasteiger partial charge in [-0.05, 0) is 23.6 Å². The number of sulfonamides is 1. The van der Waals surface area contributed by atoms with Gasteiger partial charge in [-0.15, -0.1) is 0 Å². The van der Waals surface area contributed by atoms with Crippen LogP contribution >= 0.6 is 0 Å². The predicted octanol–water partition coefficient (Wildman–Crippen LogP) is 1.53. The van der Waals surface area contributed by atoms with Crippen LogP contribution in [0.4, 0.5) is 5.82 Å². The third-order valence-electron chi connectivity index (χ3n) is 3.14. The van der Waals surface area contributed by atoms with E-state index in [2.05, 4.69) is 18.8 Å². The molecule has 19 heavy (non-hydrogen) atoms. The minimum Gasteiger partial charge on any atom is -0.358 e. The third kappa shape index (κ3) is 4.80. The third-order valence-corrected chi connectivity index (χ3v) is 4.46. The summed E-state index contributed by atoms with van der Waals surface area (Å²) < 4.78 is 24.0. The minimum atomic E-state index is -3.12. The van der Waals surface area contributed by atoms with Gasteiger partial charge in [0.25, 0.3) is 0 Å². The molecule has 0 aliphatic rings. The Morgan fingerprint density at radius 2 is 1.89 bits per heavy atom. The van der Waals surface area contributed by atoms with E-state index in [9.17, 15) is 8.42 Å². The first-order chi connectivity index (χ1) is 8.71. The molecule has 0 aromatic carbocycles. The van der Waals surface area contributed by atoms with E-state index in [0.717, 1.165) is 5.82 Å². The van der Waals surface area contributed by atoms with Crippen molar-refractivity contribution >= 4 is 15.8 Å². The number of hydrogen-bond acceptors (Lipinski definition) is 4. The molecule has 0 saturated heterocycles. The standard InChI is InChI=1S/C13H23N3O2S/c1-11(2)12-6-7-14-13(10-12)15(3)8-9-16(4)19(5,17)18/h6-7,10-11H,8-9H2,1-5H3. The molecule has 0 spiro atoms. The van der Waals surface area contributed by atoms with Crippen LogP contribution in [0, 0.1) is 0 Å². The Hall–Kier alpha value is -1.14. The van der Waals surface area contributed by atoms with E-state index in [1.54, 1.807) is 13.2 Å². The molecule has 1 rings (SSSR count). The summed E-state index contributed by atoms with van der Waals surface area (Å²) in [6.45, 7) is 5.33. The maximum Gasteiger partial charge on any atom is 0.211 e. The average Bonchev–Trinajstić information content (AvgIpc) is 2.34. The van der Waals surface area contributed by atoms with Crippen LogP contribution in [0.25, 0.3) is 0 Å². The van der Waals surface area contributed by atoms with Gasteiger partial charge in [0, 0.05) is 33.4 Å². The fraction of sp³-hybridized carbons (Fsp3) is 0.615. The highest BCUT2D eigenvalue weighted by atomic mass is 32.2. The summed E-state index contributed by atoms with van der Waals surface area (Å²) >= 11 is 0. The largest absolute Gasteiger partial charge is 0.358 e. The number of hydrogen-bond donors (Lipinski definition) is 0. The van der Waals surface area contributed by atoms with Gasteiger partial charge in [-0.2, -0.15) is 0 Å². The van der Waals surface area contributed by atoms with E-state index in [-0.39, 0.29) is 0 Å². The van der Waals surface area contributed by atoms with Crippen LogP contribution in [0.3, 0.4) is 0 Å². The average molecular weight is 285 g/mol. The second kappa shape index (κ2) is 6.34. The van der Waals surface area contributed by atoms with E-state index in [0.29, 0.717) is 19.0 Å². The molecule has 0 atom stereocenters. The Morgan fingerprint density at radius 1 is 1.26 bits per heavy atom. The number of anilines is 1. The quantitative estimate of drug-likeness (QED) is 0.795. The highest BCUT2D eigenvalue weighted by Gasteiger charge is 2.12. The zero-order chi connectivity index (χ0) is 14.6. The van der Waals surface area contributed by atoms with E-state index < -0.39 is 10.0 Å². The fourth-order valence-electron chi connectivity index (χ4n) is 1.57. The number of nitrogens with zero attached hydrogens (tertiary/aromatic N) is 3. The molecule has 1 aromatic heterocycles. The van der Waals surface area contributed by atoms with Crippen molar-refractivity contribution in [3.05, 3.63) is 23.9 Å². The second-order valence-electron chi connectivity index (χ2n) is 5.11. The lowest BCUT2D eigenvalue weighted by molar-refractivity contribution is 0.479. The van der Waals surface area contributed by atoms with E-state index in [1.807, 2.05) is 24.1 Å². The monoisotopic (exact) mass is 285 g/mol. The van der Waals surface area contributed by atoms with Gasteiger partial charge in [0.15, 0.2) is 0 Å². The van der Waals surface area contributed by atoms with Gasteiger partial charge < -0.3 is 4.90 Å². The summed E-state index contributed by atoms with van der Waals surface area (Å²) in [4.78, 5) is 6.29. The van der Waals surface area contributed by atoms with Gasteiger partial charge >= 0.3 is 0 Å². The van der Waals surface area contributed by atoms with Crippen molar-refractivity contribution in [3.8, 4) is 0 Å². The number of aromatic nitrogens is 1. The normalized spacial score (nSPS) is 12.2. The molecule has 0 bridgehead atoms. The molecule has 0 aliphatic heterocycles. The molecule has 108 valence electrons. The maximum absolute atomic E-state index is 11.3. The van der Waals surface area contributed by atoms with Crippen molar-refractivity contribution in [2.24, 2.45) is 0 Å². The van der Waals surface area contributed by atoms with Crippen LogP contribution in [0.5, 0.6) is 0 Å². The summed E-state index contributed by atoms with van der Waals surface area (Å²) in [7, 11) is 0.388. The predicted molar refractivity (Wildman–Crippen MR) is 79.1 cm³/mol. The van der Waals surface area contributed by atoms with Crippen molar-refractivity contribution in [1.29, 1.82) is 0 Å². The highest BCUT2D eigenvalue weighted by molar-refractivity contribution is 7.88.